The van der Waals surface area contributed by atoms with E-state index < -0.39 is 31.4 Å². The number of carbonyl (C=O) groups excluding carboxylic acids is 1. The summed E-state index contributed by atoms with van der Waals surface area (Å²) in [6.45, 7) is 2.32. The highest BCUT2D eigenvalue weighted by molar-refractivity contribution is 7.57. The number of carboxylic acid groups (broad SMARTS) is 1. The number of alkyl halides is 1. The molecule has 7 nitrogen and oxygen atoms in total. The molecule has 1 unspecified atom stereocenters. The minimum Gasteiger partial charge on any atom is -0.477 e. The highest BCUT2D eigenvalue weighted by atomic mass is 32.1. The molecule has 1 aliphatic rings. The van der Waals surface area contributed by atoms with Crippen LogP contribution >= 0.6 is 18.9 Å². The number of thiophene rings is 1. The second-order valence-electron chi connectivity index (χ2n) is 8.01. The van der Waals surface area contributed by atoms with E-state index in [1.165, 1.54) is 22.9 Å². The van der Waals surface area contributed by atoms with Crippen LogP contribution in [-0.4, -0.2) is 40.9 Å². The number of para-hydroxylation sites is 1. The van der Waals surface area contributed by atoms with Gasteiger partial charge in [0.15, 0.2) is 0 Å². The molecule has 2 aromatic carbocycles. The molecule has 0 amide bonds. The van der Waals surface area contributed by atoms with Crippen LogP contribution in [0.25, 0.3) is 10.1 Å². The highest BCUT2D eigenvalue weighted by Gasteiger charge is 2.51. The first kappa shape index (κ1) is 24.4. The maximum absolute atomic E-state index is 16.2. The Morgan fingerprint density at radius 1 is 1.24 bits per heavy atom. The number of benzene rings is 2. The Bertz CT molecular complexity index is 1230. The summed E-state index contributed by atoms with van der Waals surface area (Å²) < 4.78 is 43.7. The molecule has 0 saturated carbocycles. The second kappa shape index (κ2) is 10.3. The van der Waals surface area contributed by atoms with Crippen molar-refractivity contribution in [3.05, 3.63) is 65.0 Å². The fourth-order valence-corrected chi connectivity index (χ4v) is 7.31. The lowest BCUT2D eigenvalue weighted by molar-refractivity contribution is -0.147. The summed E-state index contributed by atoms with van der Waals surface area (Å²) in [6.07, 6.45) is 1.58. The number of halogens is 1. The summed E-state index contributed by atoms with van der Waals surface area (Å²) in [6, 6.07) is 13.5. The molecule has 1 N–H and O–H groups in total. The predicted octanol–water partition coefficient (Wildman–Crippen LogP) is 6.26. The Morgan fingerprint density at radius 2 is 2.00 bits per heavy atom. The second-order valence-corrected chi connectivity index (χ2v) is 11.4. The molecule has 180 valence electrons. The lowest BCUT2D eigenvalue weighted by Crippen LogP contribution is -2.37. The molecule has 10 heteroatoms. The van der Waals surface area contributed by atoms with Crippen LogP contribution in [-0.2, 0) is 14.1 Å². The Labute approximate surface area is 200 Å². The lowest BCUT2D eigenvalue weighted by atomic mass is 10.2. The molecule has 0 spiro atoms. The third-order valence-corrected chi connectivity index (χ3v) is 9.24. The van der Waals surface area contributed by atoms with Crippen LogP contribution in [0.15, 0.2) is 54.6 Å². The first-order valence-electron chi connectivity index (χ1n) is 11.0. The Balaban J connectivity index is 1.73. The standard InChI is InChI=1S/C24H25FNO6PS/c1-2-13-31-24(29)19-9-6-12-26(19)33(30,32-18-7-4-3-5-8-18)22(25)16-10-11-20-17(14-16)15-21(34-20)23(27)28/h3-5,7-8,10-11,14-15,19,22H,2,6,9,12-13H2,1H3,(H,27,28)/t19-,22-,33?/m0/s1. The van der Waals surface area contributed by atoms with Crippen molar-refractivity contribution in [3.8, 4) is 5.75 Å². The molecule has 0 radical (unpaired) electrons. The quantitative estimate of drug-likeness (QED) is 0.271. The third kappa shape index (κ3) is 4.87. The van der Waals surface area contributed by atoms with Gasteiger partial charge in [-0.15, -0.1) is 11.3 Å². The van der Waals surface area contributed by atoms with Crippen molar-refractivity contribution in [2.45, 2.75) is 38.1 Å². The number of hydrogen-bond acceptors (Lipinski definition) is 6. The summed E-state index contributed by atoms with van der Waals surface area (Å²) in [5.74, 6) is -3.44. The predicted molar refractivity (Wildman–Crippen MR) is 128 cm³/mol. The number of carboxylic acids is 1. The lowest BCUT2D eigenvalue weighted by Gasteiger charge is -2.33. The molecular formula is C24H25FNO6PS. The van der Waals surface area contributed by atoms with E-state index >= 15 is 4.39 Å². The van der Waals surface area contributed by atoms with Gasteiger partial charge in [-0.05, 0) is 60.5 Å². The summed E-state index contributed by atoms with van der Waals surface area (Å²) in [7, 11) is -4.28. The van der Waals surface area contributed by atoms with E-state index in [2.05, 4.69) is 0 Å². The van der Waals surface area contributed by atoms with E-state index in [9.17, 15) is 19.3 Å². The van der Waals surface area contributed by atoms with Crippen molar-refractivity contribution in [1.29, 1.82) is 0 Å². The molecule has 0 aliphatic carbocycles. The van der Waals surface area contributed by atoms with Gasteiger partial charge in [0, 0.05) is 11.2 Å². The van der Waals surface area contributed by atoms with Crippen LogP contribution in [0.1, 0.15) is 47.3 Å². The van der Waals surface area contributed by atoms with Crippen LogP contribution in [0, 0.1) is 0 Å². The summed E-state index contributed by atoms with van der Waals surface area (Å²) in [5.41, 5.74) is 0.0917. The zero-order valence-corrected chi connectivity index (χ0v) is 20.3. The number of carbonyl (C=O) groups is 2. The third-order valence-electron chi connectivity index (χ3n) is 5.60. The van der Waals surface area contributed by atoms with Gasteiger partial charge in [-0.3, -0.25) is 9.36 Å². The van der Waals surface area contributed by atoms with Crippen molar-refractivity contribution in [2.75, 3.05) is 13.2 Å². The summed E-state index contributed by atoms with van der Waals surface area (Å²) in [5, 5.41) is 9.80. The van der Waals surface area contributed by atoms with Crippen LogP contribution in [0.3, 0.4) is 0 Å². The zero-order valence-electron chi connectivity index (χ0n) is 18.6. The largest absolute Gasteiger partial charge is 0.477 e. The number of rotatable bonds is 9. The van der Waals surface area contributed by atoms with Crippen LogP contribution in [0.4, 0.5) is 4.39 Å². The Kier molecular flexibility index (Phi) is 7.36. The van der Waals surface area contributed by atoms with Gasteiger partial charge in [0.05, 0.1) is 6.61 Å². The van der Waals surface area contributed by atoms with Gasteiger partial charge in [0.25, 0.3) is 0 Å². The minimum absolute atomic E-state index is 0.0917. The Hall–Kier alpha value is -2.74. The maximum Gasteiger partial charge on any atom is 0.358 e. The van der Waals surface area contributed by atoms with Crippen LogP contribution < -0.4 is 4.52 Å². The molecule has 34 heavy (non-hydrogen) atoms. The molecular weight excluding hydrogens is 480 g/mol. The van der Waals surface area contributed by atoms with Gasteiger partial charge in [0.2, 0.25) is 5.91 Å². The average Bonchev–Trinajstić information content (AvgIpc) is 3.50. The van der Waals surface area contributed by atoms with E-state index in [1.807, 2.05) is 6.92 Å². The van der Waals surface area contributed by atoms with Gasteiger partial charge in [-0.2, -0.15) is 0 Å². The zero-order chi connectivity index (χ0) is 24.3. The number of fused-ring (bicyclic) bond motifs is 1. The van der Waals surface area contributed by atoms with E-state index in [0.717, 1.165) is 11.3 Å². The molecule has 2 heterocycles. The number of hydrogen-bond donors (Lipinski definition) is 1. The SMILES string of the molecule is CCCOC(=O)[C@@H]1CCCN1P(=O)(Oc1ccccc1)[C@H](F)c1ccc2sc(C(=O)O)cc2c1. The summed E-state index contributed by atoms with van der Waals surface area (Å²) >= 11 is 1.08. The van der Waals surface area contributed by atoms with Crippen LogP contribution in [0.2, 0.25) is 0 Å². The van der Waals surface area contributed by atoms with E-state index in [4.69, 9.17) is 9.26 Å². The van der Waals surface area contributed by atoms with Gasteiger partial charge in [-0.25, -0.2) is 13.9 Å². The molecule has 1 aliphatic heterocycles. The molecule has 3 aromatic rings. The topological polar surface area (TPSA) is 93.1 Å². The Morgan fingerprint density at radius 3 is 2.71 bits per heavy atom. The molecule has 0 bridgehead atoms. The normalized spacial score (nSPS) is 18.9. The first-order valence-corrected chi connectivity index (χ1v) is 13.5. The highest BCUT2D eigenvalue weighted by Crippen LogP contribution is 2.65. The molecule has 1 aromatic heterocycles. The van der Waals surface area contributed by atoms with Crippen molar-refractivity contribution < 1.29 is 32.9 Å². The van der Waals surface area contributed by atoms with Crippen molar-refractivity contribution in [3.63, 3.8) is 0 Å². The molecule has 1 fully saturated rings. The van der Waals surface area contributed by atoms with Gasteiger partial charge in [0.1, 0.15) is 16.7 Å². The molecule has 4 rings (SSSR count). The fraction of sp³-hybridized carbons (Fsp3) is 0.333. The van der Waals surface area contributed by atoms with Gasteiger partial charge in [-0.1, -0.05) is 31.2 Å². The van der Waals surface area contributed by atoms with E-state index in [-0.39, 0.29) is 29.3 Å². The maximum atomic E-state index is 16.2. The molecule has 1 saturated heterocycles. The van der Waals surface area contributed by atoms with E-state index in [1.54, 1.807) is 36.4 Å². The van der Waals surface area contributed by atoms with Gasteiger partial charge < -0.3 is 14.4 Å². The smallest absolute Gasteiger partial charge is 0.358 e. The monoisotopic (exact) mass is 505 g/mol. The number of esters is 1. The van der Waals surface area contributed by atoms with Crippen molar-refractivity contribution >= 4 is 40.9 Å². The molecule has 3 atom stereocenters. The number of nitrogens with zero attached hydrogens (tertiary/aromatic N) is 1. The van der Waals surface area contributed by atoms with E-state index in [0.29, 0.717) is 29.3 Å². The van der Waals surface area contributed by atoms with Crippen molar-refractivity contribution in [2.24, 2.45) is 0 Å². The average molecular weight is 506 g/mol. The van der Waals surface area contributed by atoms with Crippen LogP contribution in [0.5, 0.6) is 5.75 Å². The summed E-state index contributed by atoms with van der Waals surface area (Å²) in [4.78, 5) is 24.1. The number of aromatic carboxylic acids is 1. The number of ether oxygens (including phenoxy) is 1. The van der Waals surface area contributed by atoms with Crippen molar-refractivity contribution in [1.82, 2.24) is 4.67 Å². The first-order chi connectivity index (χ1) is 16.3. The van der Waals surface area contributed by atoms with Gasteiger partial charge >= 0.3 is 19.5 Å². The fourth-order valence-electron chi connectivity index (χ4n) is 3.99. The minimum atomic E-state index is -4.28.